The van der Waals surface area contributed by atoms with Gasteiger partial charge in [0.05, 0.1) is 0 Å². The predicted octanol–water partition coefficient (Wildman–Crippen LogP) is 1.64. The molecule has 0 aromatic carbocycles. The van der Waals surface area contributed by atoms with Crippen molar-refractivity contribution < 1.29 is 0 Å². The molecular weight excluding hydrogens is 162 g/mol. The average molecular weight is 179 g/mol. The second kappa shape index (κ2) is 3.92. The first kappa shape index (κ1) is 8.75. The van der Waals surface area contributed by atoms with E-state index < -0.39 is 0 Å². The van der Waals surface area contributed by atoms with Gasteiger partial charge in [0.2, 0.25) is 0 Å². The molecule has 3 heteroatoms. The van der Waals surface area contributed by atoms with Crippen LogP contribution in [0.3, 0.4) is 0 Å². The van der Waals surface area contributed by atoms with E-state index in [4.69, 9.17) is 5.73 Å². The number of aromatic amines is 1. The quantitative estimate of drug-likeness (QED) is 0.741. The van der Waals surface area contributed by atoms with Crippen LogP contribution in [0.4, 0.5) is 0 Å². The molecule has 0 aliphatic heterocycles. The lowest BCUT2D eigenvalue weighted by atomic mass is 9.90. The van der Waals surface area contributed by atoms with Crippen LogP contribution in [-0.4, -0.2) is 16.5 Å². The molecule has 1 saturated carbocycles. The minimum Gasteiger partial charge on any atom is -0.348 e. The summed E-state index contributed by atoms with van der Waals surface area (Å²) in [6, 6.07) is 0. The fourth-order valence-corrected chi connectivity index (χ4v) is 2.37. The highest BCUT2D eigenvalue weighted by Gasteiger charge is 2.26. The minimum atomic E-state index is 0.456. The summed E-state index contributed by atoms with van der Waals surface area (Å²) in [4.78, 5) is 7.47. The SMILES string of the molecule is NCC(c1ncc[nH]1)C1CCCC1. The second-order valence-electron chi connectivity index (χ2n) is 3.86. The van der Waals surface area contributed by atoms with E-state index in [1.807, 2.05) is 12.4 Å². The van der Waals surface area contributed by atoms with Crippen LogP contribution in [0.1, 0.15) is 37.4 Å². The summed E-state index contributed by atoms with van der Waals surface area (Å²) in [5.41, 5.74) is 5.78. The number of H-pyrrole nitrogens is 1. The molecule has 0 radical (unpaired) electrons. The van der Waals surface area contributed by atoms with Gasteiger partial charge in [0.1, 0.15) is 5.82 Å². The monoisotopic (exact) mass is 179 g/mol. The summed E-state index contributed by atoms with van der Waals surface area (Å²) in [5, 5.41) is 0. The van der Waals surface area contributed by atoms with Crippen LogP contribution in [0.2, 0.25) is 0 Å². The van der Waals surface area contributed by atoms with E-state index in [0.717, 1.165) is 18.3 Å². The van der Waals surface area contributed by atoms with E-state index in [9.17, 15) is 0 Å². The third-order valence-corrected chi connectivity index (χ3v) is 3.09. The summed E-state index contributed by atoms with van der Waals surface area (Å²) in [7, 11) is 0. The van der Waals surface area contributed by atoms with E-state index in [1.54, 1.807) is 0 Å². The minimum absolute atomic E-state index is 0.456. The molecule has 1 fully saturated rings. The Balaban J connectivity index is 2.08. The number of nitrogens with two attached hydrogens (primary N) is 1. The molecule has 72 valence electrons. The molecule has 0 amide bonds. The van der Waals surface area contributed by atoms with Crippen molar-refractivity contribution in [2.75, 3.05) is 6.54 Å². The number of rotatable bonds is 3. The second-order valence-corrected chi connectivity index (χ2v) is 3.86. The van der Waals surface area contributed by atoms with Gasteiger partial charge in [0, 0.05) is 24.9 Å². The van der Waals surface area contributed by atoms with Crippen LogP contribution in [0.25, 0.3) is 0 Å². The smallest absolute Gasteiger partial charge is 0.110 e. The zero-order valence-electron chi connectivity index (χ0n) is 7.87. The van der Waals surface area contributed by atoms with Crippen molar-refractivity contribution in [2.24, 2.45) is 11.7 Å². The Morgan fingerprint density at radius 2 is 2.31 bits per heavy atom. The number of hydrogen-bond donors (Lipinski definition) is 2. The summed E-state index contributed by atoms with van der Waals surface area (Å²) >= 11 is 0. The Labute approximate surface area is 78.7 Å². The van der Waals surface area contributed by atoms with Gasteiger partial charge in [-0.15, -0.1) is 0 Å². The molecule has 13 heavy (non-hydrogen) atoms. The van der Waals surface area contributed by atoms with E-state index >= 15 is 0 Å². The number of nitrogens with one attached hydrogen (secondary N) is 1. The molecule has 1 aromatic rings. The van der Waals surface area contributed by atoms with Crippen molar-refractivity contribution in [1.29, 1.82) is 0 Å². The first-order valence-electron chi connectivity index (χ1n) is 5.11. The molecule has 1 atom stereocenters. The van der Waals surface area contributed by atoms with E-state index in [1.165, 1.54) is 25.7 Å². The van der Waals surface area contributed by atoms with Gasteiger partial charge in [-0.2, -0.15) is 0 Å². The predicted molar refractivity (Wildman–Crippen MR) is 52.3 cm³/mol. The van der Waals surface area contributed by atoms with Crippen LogP contribution in [0.15, 0.2) is 12.4 Å². The third-order valence-electron chi connectivity index (χ3n) is 3.09. The Morgan fingerprint density at radius 1 is 1.54 bits per heavy atom. The standard InChI is InChI=1S/C10H17N3/c11-7-9(8-3-1-2-4-8)10-12-5-6-13-10/h5-6,8-9H,1-4,7,11H2,(H,12,13). The maximum atomic E-state index is 5.78. The molecule has 1 aliphatic carbocycles. The zero-order valence-corrected chi connectivity index (χ0v) is 7.87. The molecule has 2 rings (SSSR count). The molecule has 3 nitrogen and oxygen atoms in total. The molecule has 1 aliphatic rings. The fourth-order valence-electron chi connectivity index (χ4n) is 2.37. The summed E-state index contributed by atoms with van der Waals surface area (Å²) in [5.74, 6) is 2.29. The molecular formula is C10H17N3. The van der Waals surface area contributed by atoms with Crippen molar-refractivity contribution in [3.63, 3.8) is 0 Å². The van der Waals surface area contributed by atoms with E-state index in [0.29, 0.717) is 5.92 Å². The van der Waals surface area contributed by atoms with Crippen LogP contribution >= 0.6 is 0 Å². The van der Waals surface area contributed by atoms with Gasteiger partial charge in [-0.05, 0) is 18.8 Å². The number of imidazole rings is 1. The topological polar surface area (TPSA) is 54.7 Å². The Morgan fingerprint density at radius 3 is 2.85 bits per heavy atom. The van der Waals surface area contributed by atoms with E-state index in [-0.39, 0.29) is 0 Å². The van der Waals surface area contributed by atoms with Crippen molar-refractivity contribution in [3.8, 4) is 0 Å². The first-order chi connectivity index (χ1) is 6.42. The first-order valence-corrected chi connectivity index (χ1v) is 5.11. The summed E-state index contributed by atoms with van der Waals surface area (Å²) < 4.78 is 0. The van der Waals surface area contributed by atoms with Gasteiger partial charge in [0.25, 0.3) is 0 Å². The van der Waals surface area contributed by atoms with Gasteiger partial charge in [-0.3, -0.25) is 0 Å². The van der Waals surface area contributed by atoms with Crippen molar-refractivity contribution in [1.82, 2.24) is 9.97 Å². The number of hydrogen-bond acceptors (Lipinski definition) is 2. The Hall–Kier alpha value is -0.830. The van der Waals surface area contributed by atoms with Crippen molar-refractivity contribution >= 4 is 0 Å². The average Bonchev–Trinajstić information content (AvgIpc) is 2.76. The van der Waals surface area contributed by atoms with Gasteiger partial charge in [0.15, 0.2) is 0 Å². The molecule has 1 aromatic heterocycles. The fraction of sp³-hybridized carbons (Fsp3) is 0.700. The summed E-state index contributed by atoms with van der Waals surface area (Å²) in [6.45, 7) is 0.720. The lowest BCUT2D eigenvalue weighted by Gasteiger charge is -2.19. The van der Waals surface area contributed by atoms with Crippen molar-refractivity contribution in [2.45, 2.75) is 31.6 Å². The Kier molecular flexibility index (Phi) is 2.64. The maximum Gasteiger partial charge on any atom is 0.110 e. The zero-order chi connectivity index (χ0) is 9.10. The molecule has 0 bridgehead atoms. The van der Waals surface area contributed by atoms with Gasteiger partial charge in [-0.1, -0.05) is 12.8 Å². The Bertz CT molecular complexity index is 237. The molecule has 1 unspecified atom stereocenters. The molecule has 3 N–H and O–H groups in total. The van der Waals surface area contributed by atoms with Gasteiger partial charge in [-0.25, -0.2) is 4.98 Å². The van der Waals surface area contributed by atoms with Crippen LogP contribution in [0, 0.1) is 5.92 Å². The summed E-state index contributed by atoms with van der Waals surface area (Å²) in [6.07, 6.45) is 9.06. The van der Waals surface area contributed by atoms with Crippen LogP contribution in [0.5, 0.6) is 0 Å². The lowest BCUT2D eigenvalue weighted by Crippen LogP contribution is -2.20. The lowest BCUT2D eigenvalue weighted by molar-refractivity contribution is 0.426. The molecule has 1 heterocycles. The largest absolute Gasteiger partial charge is 0.348 e. The van der Waals surface area contributed by atoms with Crippen LogP contribution < -0.4 is 5.73 Å². The van der Waals surface area contributed by atoms with Gasteiger partial charge >= 0.3 is 0 Å². The number of nitrogens with zero attached hydrogens (tertiary/aromatic N) is 1. The normalized spacial score (nSPS) is 20.7. The maximum absolute atomic E-state index is 5.78. The highest BCUT2D eigenvalue weighted by Crippen LogP contribution is 2.35. The van der Waals surface area contributed by atoms with Crippen LogP contribution in [-0.2, 0) is 0 Å². The molecule has 0 saturated heterocycles. The third kappa shape index (κ3) is 1.75. The molecule has 0 spiro atoms. The van der Waals surface area contributed by atoms with Crippen molar-refractivity contribution in [3.05, 3.63) is 18.2 Å². The number of aromatic nitrogens is 2. The highest BCUT2D eigenvalue weighted by molar-refractivity contribution is 5.01. The van der Waals surface area contributed by atoms with Gasteiger partial charge < -0.3 is 10.7 Å². The van der Waals surface area contributed by atoms with E-state index in [2.05, 4.69) is 9.97 Å². The highest BCUT2D eigenvalue weighted by atomic mass is 14.9.